The van der Waals surface area contributed by atoms with Gasteiger partial charge in [-0.2, -0.15) is 0 Å². The van der Waals surface area contributed by atoms with Gasteiger partial charge >= 0.3 is 0 Å². The molecule has 3 aromatic heterocycles. The van der Waals surface area contributed by atoms with Crippen LogP contribution in [0, 0.1) is 0 Å². The average Bonchev–Trinajstić information content (AvgIpc) is 3.82. The van der Waals surface area contributed by atoms with Gasteiger partial charge in [0.05, 0.1) is 0 Å². The van der Waals surface area contributed by atoms with Gasteiger partial charge in [0.2, 0.25) is 0 Å². The molecular weight excluding hydrogens is 703 g/mol. The third kappa shape index (κ3) is 4.88. The second-order valence-electron chi connectivity index (χ2n) is 14.4. The van der Waals surface area contributed by atoms with Crippen LogP contribution in [0.2, 0.25) is 0 Å². The molecule has 0 bridgehead atoms. The molecule has 5 heteroatoms. The van der Waals surface area contributed by atoms with Crippen LogP contribution in [-0.2, 0) is 0 Å². The van der Waals surface area contributed by atoms with E-state index >= 15 is 0 Å². The zero-order valence-corrected chi connectivity index (χ0v) is 30.7. The van der Waals surface area contributed by atoms with Crippen LogP contribution in [0.15, 0.2) is 180 Å². The molecule has 56 heavy (non-hydrogen) atoms. The van der Waals surface area contributed by atoms with Gasteiger partial charge in [0.15, 0.2) is 17.5 Å². The summed E-state index contributed by atoms with van der Waals surface area (Å²) in [6, 6.07) is 62.2. The highest BCUT2D eigenvalue weighted by atomic mass is 32.1. The Hall–Kier alpha value is -7.21. The number of fused-ring (bicyclic) bond motifs is 10. The van der Waals surface area contributed by atoms with Crippen LogP contribution < -0.4 is 0 Å². The van der Waals surface area contributed by atoms with Crippen molar-refractivity contribution in [3.8, 4) is 45.3 Å². The fourth-order valence-electron chi connectivity index (χ4n) is 8.42. The second kappa shape index (κ2) is 12.2. The quantitative estimate of drug-likeness (QED) is 0.169. The van der Waals surface area contributed by atoms with Crippen molar-refractivity contribution in [3.63, 3.8) is 0 Å². The van der Waals surface area contributed by atoms with Gasteiger partial charge in [-0.25, -0.2) is 15.0 Å². The number of thiophene rings is 1. The first-order chi connectivity index (χ1) is 27.7. The fourth-order valence-corrected chi connectivity index (χ4v) is 9.51. The third-order valence-corrected chi connectivity index (χ3v) is 12.2. The molecular formula is C51H29N3OS. The van der Waals surface area contributed by atoms with E-state index < -0.39 is 0 Å². The summed E-state index contributed by atoms with van der Waals surface area (Å²) in [5.41, 5.74) is 6.54. The van der Waals surface area contributed by atoms with E-state index in [0.29, 0.717) is 17.5 Å². The van der Waals surface area contributed by atoms with E-state index in [1.165, 1.54) is 41.7 Å². The predicted octanol–water partition coefficient (Wildman–Crippen LogP) is 14.3. The molecule has 0 aliphatic carbocycles. The molecule has 0 atom stereocenters. The van der Waals surface area contributed by atoms with E-state index in [0.717, 1.165) is 60.5 Å². The Bertz CT molecular complexity index is 3550. The highest BCUT2D eigenvalue weighted by Gasteiger charge is 2.22. The fraction of sp³-hybridized carbons (Fsp3) is 0. The Morgan fingerprint density at radius 3 is 1.82 bits per heavy atom. The Labute approximate surface area is 325 Å². The van der Waals surface area contributed by atoms with Crippen molar-refractivity contribution in [3.05, 3.63) is 176 Å². The minimum Gasteiger partial charge on any atom is -0.456 e. The lowest BCUT2D eigenvalue weighted by atomic mass is 9.91. The van der Waals surface area contributed by atoms with E-state index in [2.05, 4.69) is 158 Å². The number of rotatable bonds is 4. The largest absolute Gasteiger partial charge is 0.456 e. The molecule has 0 saturated carbocycles. The Kier molecular flexibility index (Phi) is 6.76. The summed E-state index contributed by atoms with van der Waals surface area (Å²) in [4.78, 5) is 15.8. The Morgan fingerprint density at radius 2 is 0.982 bits per heavy atom. The molecule has 0 fully saturated rings. The number of benzene rings is 9. The third-order valence-electron chi connectivity index (χ3n) is 11.1. The van der Waals surface area contributed by atoms with E-state index in [9.17, 15) is 0 Å². The number of hydrogen-bond acceptors (Lipinski definition) is 5. The van der Waals surface area contributed by atoms with Gasteiger partial charge in [0.25, 0.3) is 0 Å². The maximum absolute atomic E-state index is 6.82. The van der Waals surface area contributed by atoms with Crippen molar-refractivity contribution in [2.45, 2.75) is 0 Å². The molecule has 0 spiro atoms. The molecule has 12 rings (SSSR count). The van der Waals surface area contributed by atoms with Gasteiger partial charge in [-0.05, 0) is 98.0 Å². The number of furan rings is 1. The van der Waals surface area contributed by atoms with Gasteiger partial charge in [-0.15, -0.1) is 11.3 Å². The molecule has 0 aliphatic heterocycles. The van der Waals surface area contributed by atoms with Crippen LogP contribution in [0.5, 0.6) is 0 Å². The first-order valence-corrected chi connectivity index (χ1v) is 19.6. The van der Waals surface area contributed by atoms with Crippen molar-refractivity contribution in [2.24, 2.45) is 0 Å². The molecule has 12 aromatic rings. The Balaban J connectivity index is 1.18. The highest BCUT2D eigenvalue weighted by molar-refractivity contribution is 7.25. The lowest BCUT2D eigenvalue weighted by Gasteiger charge is -2.14. The minimum absolute atomic E-state index is 0.594. The van der Waals surface area contributed by atoms with E-state index in [-0.39, 0.29) is 0 Å². The normalized spacial score (nSPS) is 11.9. The summed E-state index contributed by atoms with van der Waals surface area (Å²) in [6.45, 7) is 0. The molecule has 0 saturated heterocycles. The maximum Gasteiger partial charge on any atom is 0.164 e. The maximum atomic E-state index is 6.82. The first kappa shape index (κ1) is 31.2. The molecule has 0 radical (unpaired) electrons. The molecule has 0 amide bonds. The molecule has 260 valence electrons. The molecule has 3 heterocycles. The van der Waals surface area contributed by atoms with Crippen LogP contribution >= 0.6 is 11.3 Å². The summed E-state index contributed by atoms with van der Waals surface area (Å²) in [7, 11) is 0. The summed E-state index contributed by atoms with van der Waals surface area (Å²) in [5, 5.41) is 11.5. The topological polar surface area (TPSA) is 51.8 Å². The smallest absolute Gasteiger partial charge is 0.164 e. The highest BCUT2D eigenvalue weighted by Crippen LogP contribution is 2.44. The van der Waals surface area contributed by atoms with Crippen LogP contribution in [0.4, 0.5) is 0 Å². The van der Waals surface area contributed by atoms with E-state index in [1.54, 1.807) is 11.3 Å². The van der Waals surface area contributed by atoms with E-state index in [4.69, 9.17) is 19.4 Å². The van der Waals surface area contributed by atoms with Crippen molar-refractivity contribution >= 4 is 85.8 Å². The van der Waals surface area contributed by atoms with Crippen molar-refractivity contribution in [1.82, 2.24) is 15.0 Å². The van der Waals surface area contributed by atoms with Gasteiger partial charge < -0.3 is 4.42 Å². The standard InChI is InChI=1S/C51H29N3OS/c1-2-12-30(13-3-1)49-52-50(34-22-23-47-41(26-34)39-20-10-11-21-46(39)56-47)54-51(53-49)43-27-35(40-25-33-16-6-7-17-36(33)37-18-8-9-19-38(37)40)29-45-48(43)42-24-31-14-4-5-15-32(31)28-44(42)55-45/h1-29H. The van der Waals surface area contributed by atoms with Crippen LogP contribution in [0.3, 0.4) is 0 Å². The molecule has 9 aromatic carbocycles. The van der Waals surface area contributed by atoms with Crippen molar-refractivity contribution in [1.29, 1.82) is 0 Å². The molecule has 0 N–H and O–H groups in total. The van der Waals surface area contributed by atoms with Gasteiger partial charge in [0, 0.05) is 47.6 Å². The average molecular weight is 732 g/mol. The number of hydrogen-bond donors (Lipinski definition) is 0. The van der Waals surface area contributed by atoms with Crippen LogP contribution in [-0.4, -0.2) is 15.0 Å². The predicted molar refractivity (Wildman–Crippen MR) is 234 cm³/mol. The summed E-state index contributed by atoms with van der Waals surface area (Å²) in [6.07, 6.45) is 0. The molecule has 0 unspecified atom stereocenters. The zero-order valence-electron chi connectivity index (χ0n) is 29.9. The Morgan fingerprint density at radius 1 is 0.339 bits per heavy atom. The first-order valence-electron chi connectivity index (χ1n) is 18.8. The summed E-state index contributed by atoms with van der Waals surface area (Å²) in [5.74, 6) is 1.84. The molecule has 0 aliphatic rings. The second-order valence-corrected chi connectivity index (χ2v) is 15.5. The summed E-state index contributed by atoms with van der Waals surface area (Å²) < 4.78 is 9.33. The van der Waals surface area contributed by atoms with Crippen LogP contribution in [0.1, 0.15) is 0 Å². The number of nitrogens with zero attached hydrogens (tertiary/aromatic N) is 3. The van der Waals surface area contributed by atoms with Gasteiger partial charge in [-0.1, -0.05) is 121 Å². The molecule has 4 nitrogen and oxygen atoms in total. The lowest BCUT2D eigenvalue weighted by Crippen LogP contribution is -2.00. The number of aromatic nitrogens is 3. The lowest BCUT2D eigenvalue weighted by molar-refractivity contribution is 0.669. The van der Waals surface area contributed by atoms with Crippen LogP contribution in [0.25, 0.3) is 120 Å². The van der Waals surface area contributed by atoms with Crippen molar-refractivity contribution in [2.75, 3.05) is 0 Å². The van der Waals surface area contributed by atoms with Gasteiger partial charge in [-0.3, -0.25) is 0 Å². The van der Waals surface area contributed by atoms with E-state index in [1.807, 2.05) is 18.2 Å². The van der Waals surface area contributed by atoms with Gasteiger partial charge in [0.1, 0.15) is 11.2 Å². The minimum atomic E-state index is 0.594. The SMILES string of the molecule is c1ccc(-c2nc(-c3ccc4sc5ccccc5c4c3)nc(-c3cc(-c4cc5ccccc5c5ccccc45)cc4oc5cc6ccccc6cc5c34)n2)cc1. The monoisotopic (exact) mass is 731 g/mol. The zero-order chi connectivity index (χ0) is 36.7. The van der Waals surface area contributed by atoms with Crippen molar-refractivity contribution < 1.29 is 4.42 Å². The summed E-state index contributed by atoms with van der Waals surface area (Å²) >= 11 is 1.81.